The third-order valence-corrected chi connectivity index (χ3v) is 4.75. The van der Waals surface area contributed by atoms with Crippen LogP contribution in [0.5, 0.6) is 0 Å². The van der Waals surface area contributed by atoms with Gasteiger partial charge in [0, 0.05) is 8.95 Å². The summed E-state index contributed by atoms with van der Waals surface area (Å²) in [5.41, 5.74) is 6.56. The van der Waals surface area contributed by atoms with E-state index < -0.39 is 8.80 Å². The summed E-state index contributed by atoms with van der Waals surface area (Å²) in [6.07, 6.45) is 0. The average molecular weight is 309 g/mol. The number of nitrogens with two attached hydrogens (primary N) is 1. The molecule has 0 aromatic heterocycles. The molecule has 0 fully saturated rings. The van der Waals surface area contributed by atoms with Crippen LogP contribution < -0.4 is 10.9 Å². The Kier molecular flexibility index (Phi) is 3.37. The quantitative estimate of drug-likeness (QED) is 0.626. The summed E-state index contributed by atoms with van der Waals surface area (Å²) < 4.78 is 1.99. The van der Waals surface area contributed by atoms with Crippen molar-refractivity contribution in [1.82, 2.24) is 0 Å². The molecule has 0 radical (unpaired) electrons. The van der Waals surface area contributed by atoms with Gasteiger partial charge in [-0.1, -0.05) is 18.3 Å². The molecule has 0 spiro atoms. The second kappa shape index (κ2) is 3.94. The first-order valence-electron chi connectivity index (χ1n) is 3.76. The van der Waals surface area contributed by atoms with E-state index in [9.17, 15) is 0 Å². The van der Waals surface area contributed by atoms with E-state index in [2.05, 4.69) is 57.1 Å². The second-order valence-corrected chi connectivity index (χ2v) is 7.74. The lowest BCUT2D eigenvalue weighted by atomic mass is 10.3. The van der Waals surface area contributed by atoms with Crippen LogP contribution in [-0.4, -0.2) is 8.80 Å². The normalized spacial score (nSPS) is 10.8. The molecule has 1 aromatic rings. The van der Waals surface area contributed by atoms with Crippen LogP contribution in [0.15, 0.2) is 21.1 Å². The topological polar surface area (TPSA) is 26.0 Å². The smallest absolute Gasteiger partial charge is 0.0648 e. The van der Waals surface area contributed by atoms with Gasteiger partial charge in [0.15, 0.2) is 0 Å². The van der Waals surface area contributed by atoms with Gasteiger partial charge in [-0.2, -0.15) is 0 Å². The molecule has 0 unspecified atom stereocenters. The summed E-state index contributed by atoms with van der Waals surface area (Å²) in [6.45, 7) is 4.59. The van der Waals surface area contributed by atoms with Crippen molar-refractivity contribution in [2.75, 3.05) is 5.73 Å². The summed E-state index contributed by atoms with van der Waals surface area (Å²) in [5.74, 6) is 0. The predicted octanol–water partition coefficient (Wildman–Crippen LogP) is 2.49. The number of anilines is 1. The Balaban J connectivity index is 3.21. The Labute approximate surface area is 91.2 Å². The number of hydrogen-bond acceptors (Lipinski definition) is 1. The van der Waals surface area contributed by atoms with Crippen molar-refractivity contribution in [2.24, 2.45) is 0 Å². The van der Waals surface area contributed by atoms with Crippen molar-refractivity contribution in [3.05, 3.63) is 21.1 Å². The van der Waals surface area contributed by atoms with Gasteiger partial charge in [0.2, 0.25) is 0 Å². The summed E-state index contributed by atoms with van der Waals surface area (Å²) in [6, 6.07) is 4.24. The highest BCUT2D eigenvalue weighted by Gasteiger charge is 2.06. The number of halogens is 2. The Bertz CT molecular complexity index is 276. The molecule has 4 heteroatoms. The largest absolute Gasteiger partial charge is 0.397 e. The zero-order valence-electron chi connectivity index (χ0n) is 7.07. The third kappa shape index (κ3) is 2.11. The van der Waals surface area contributed by atoms with Gasteiger partial charge in [-0.15, -0.1) is 0 Å². The van der Waals surface area contributed by atoms with Crippen molar-refractivity contribution < 1.29 is 0 Å². The van der Waals surface area contributed by atoms with Crippen LogP contribution in [0.4, 0.5) is 5.69 Å². The van der Waals surface area contributed by atoms with E-state index >= 15 is 0 Å². The summed E-state index contributed by atoms with van der Waals surface area (Å²) in [7, 11) is -0.721. The lowest BCUT2D eigenvalue weighted by Gasteiger charge is -2.08. The lowest BCUT2D eigenvalue weighted by molar-refractivity contribution is 1.61. The van der Waals surface area contributed by atoms with Crippen LogP contribution in [-0.2, 0) is 0 Å². The highest BCUT2D eigenvalue weighted by atomic mass is 79.9. The minimum atomic E-state index is -0.721. The molecular formula is C8H11Br2NSi. The van der Waals surface area contributed by atoms with Crippen molar-refractivity contribution in [3.8, 4) is 0 Å². The molecular weight excluding hydrogens is 298 g/mol. The van der Waals surface area contributed by atoms with Crippen LogP contribution in [0.1, 0.15) is 0 Å². The third-order valence-electron chi connectivity index (χ3n) is 1.77. The zero-order chi connectivity index (χ0) is 9.30. The van der Waals surface area contributed by atoms with Crippen LogP contribution in [0.25, 0.3) is 0 Å². The van der Waals surface area contributed by atoms with Crippen molar-refractivity contribution in [1.29, 1.82) is 0 Å². The lowest BCUT2D eigenvalue weighted by Crippen LogP contribution is -2.22. The fourth-order valence-electron chi connectivity index (χ4n) is 0.937. The number of nitrogen functional groups attached to an aromatic ring is 1. The maximum absolute atomic E-state index is 5.77. The first-order valence-corrected chi connectivity index (χ1v) is 8.24. The van der Waals surface area contributed by atoms with Gasteiger partial charge in [0.1, 0.15) is 0 Å². The molecule has 0 aliphatic heterocycles. The number of benzene rings is 1. The molecule has 0 atom stereocenters. The van der Waals surface area contributed by atoms with E-state index in [0.717, 1.165) is 14.6 Å². The molecule has 0 aliphatic rings. The Morgan fingerprint density at radius 3 is 1.92 bits per heavy atom. The van der Waals surface area contributed by atoms with Crippen LogP contribution in [0.3, 0.4) is 0 Å². The van der Waals surface area contributed by atoms with Crippen molar-refractivity contribution >= 4 is 51.5 Å². The molecule has 1 aromatic carbocycles. The van der Waals surface area contributed by atoms with E-state index in [-0.39, 0.29) is 0 Å². The second-order valence-electron chi connectivity index (χ2n) is 3.05. The Morgan fingerprint density at radius 1 is 1.17 bits per heavy atom. The molecule has 0 aliphatic carbocycles. The van der Waals surface area contributed by atoms with E-state index in [1.807, 2.05) is 0 Å². The molecule has 0 saturated carbocycles. The Morgan fingerprint density at radius 2 is 1.58 bits per heavy atom. The minimum Gasteiger partial charge on any atom is -0.397 e. The molecule has 66 valence electrons. The SMILES string of the molecule is C[SiH](C)c1cc(Br)c(N)c(Br)c1. The molecule has 0 amide bonds. The van der Waals surface area contributed by atoms with E-state index in [1.165, 1.54) is 5.19 Å². The van der Waals surface area contributed by atoms with E-state index in [4.69, 9.17) is 5.73 Å². The van der Waals surface area contributed by atoms with Crippen LogP contribution >= 0.6 is 31.9 Å². The van der Waals surface area contributed by atoms with E-state index in [1.54, 1.807) is 0 Å². The number of rotatable bonds is 1. The summed E-state index contributed by atoms with van der Waals surface area (Å²) >= 11 is 6.86. The summed E-state index contributed by atoms with van der Waals surface area (Å²) in [4.78, 5) is 0. The van der Waals surface area contributed by atoms with Gasteiger partial charge >= 0.3 is 0 Å². The van der Waals surface area contributed by atoms with Gasteiger partial charge in [-0.25, -0.2) is 0 Å². The van der Waals surface area contributed by atoms with Crippen molar-refractivity contribution in [3.63, 3.8) is 0 Å². The maximum Gasteiger partial charge on any atom is 0.0648 e. The average Bonchev–Trinajstić information content (AvgIpc) is 1.99. The minimum absolute atomic E-state index is 0.721. The van der Waals surface area contributed by atoms with Crippen molar-refractivity contribution in [2.45, 2.75) is 13.1 Å². The number of hydrogen-bond donors (Lipinski definition) is 1. The van der Waals surface area contributed by atoms with Crippen LogP contribution in [0, 0.1) is 0 Å². The molecule has 2 N–H and O–H groups in total. The molecule has 0 heterocycles. The van der Waals surface area contributed by atoms with E-state index in [0.29, 0.717) is 0 Å². The summed E-state index contributed by atoms with van der Waals surface area (Å²) in [5, 5.41) is 1.42. The highest BCUT2D eigenvalue weighted by Crippen LogP contribution is 2.26. The molecule has 12 heavy (non-hydrogen) atoms. The first kappa shape index (κ1) is 10.3. The first-order chi connectivity index (χ1) is 5.52. The molecule has 0 bridgehead atoms. The predicted molar refractivity (Wildman–Crippen MR) is 64.8 cm³/mol. The van der Waals surface area contributed by atoms with Gasteiger partial charge in [0.25, 0.3) is 0 Å². The fraction of sp³-hybridized carbons (Fsp3) is 0.250. The standard InChI is InChI=1S/C8H11Br2NSi/c1-12(2)5-3-6(9)8(11)7(10)4-5/h3-4,12H,11H2,1-2H3. The molecule has 0 saturated heterocycles. The van der Waals surface area contributed by atoms with Crippen LogP contribution in [0.2, 0.25) is 13.1 Å². The van der Waals surface area contributed by atoms with Gasteiger partial charge < -0.3 is 5.73 Å². The van der Waals surface area contributed by atoms with Gasteiger partial charge in [-0.3, -0.25) is 0 Å². The van der Waals surface area contributed by atoms with Gasteiger partial charge in [-0.05, 0) is 44.0 Å². The zero-order valence-corrected chi connectivity index (χ0v) is 11.4. The highest BCUT2D eigenvalue weighted by molar-refractivity contribution is 9.11. The van der Waals surface area contributed by atoms with Gasteiger partial charge in [0.05, 0.1) is 14.5 Å². The Hall–Kier alpha value is 0.197. The maximum atomic E-state index is 5.77. The molecule has 1 nitrogen and oxygen atoms in total. The monoisotopic (exact) mass is 307 g/mol. The molecule has 1 rings (SSSR count). The fourth-order valence-corrected chi connectivity index (χ4v) is 3.65.